The van der Waals surface area contributed by atoms with Gasteiger partial charge in [-0.05, 0) is 6.92 Å². The zero-order valence-electron chi connectivity index (χ0n) is 6.55. The van der Waals surface area contributed by atoms with E-state index >= 15 is 0 Å². The molecule has 0 saturated carbocycles. The number of nitrogen functional groups attached to an aromatic ring is 1. The Bertz CT molecular complexity index is 224. The Labute approximate surface area is 65.0 Å². The van der Waals surface area contributed by atoms with Crippen molar-refractivity contribution in [3.63, 3.8) is 0 Å². The zero-order valence-corrected chi connectivity index (χ0v) is 6.55. The third-order valence-corrected chi connectivity index (χ3v) is 1.24. The molecule has 0 spiro atoms. The molecule has 0 radical (unpaired) electrons. The lowest BCUT2D eigenvalue weighted by Gasteiger charge is -2.03. The summed E-state index contributed by atoms with van der Waals surface area (Å²) < 4.78 is 0. The molecule has 0 saturated heterocycles. The van der Waals surface area contributed by atoms with Crippen molar-refractivity contribution in [2.75, 3.05) is 17.8 Å². The van der Waals surface area contributed by atoms with Crippen LogP contribution >= 0.6 is 0 Å². The first kappa shape index (κ1) is 7.74. The summed E-state index contributed by atoms with van der Waals surface area (Å²) in [6, 6.07) is 1.83. The van der Waals surface area contributed by atoms with Crippen LogP contribution in [0.3, 0.4) is 0 Å². The van der Waals surface area contributed by atoms with E-state index in [2.05, 4.69) is 20.7 Å². The van der Waals surface area contributed by atoms with Crippen molar-refractivity contribution in [3.05, 3.63) is 11.8 Å². The standard InChI is InChI=1S/C6H11N5/c1-4-3-5(8-2)10-6(9-4)11-7/h3H,7H2,1-2H3,(H2,8,9,10,11). The summed E-state index contributed by atoms with van der Waals surface area (Å²) >= 11 is 0. The van der Waals surface area contributed by atoms with Crippen molar-refractivity contribution >= 4 is 11.8 Å². The van der Waals surface area contributed by atoms with Gasteiger partial charge < -0.3 is 5.32 Å². The van der Waals surface area contributed by atoms with E-state index in [1.165, 1.54) is 0 Å². The van der Waals surface area contributed by atoms with Gasteiger partial charge in [0.05, 0.1) is 0 Å². The van der Waals surface area contributed by atoms with Crippen LogP contribution in [0.2, 0.25) is 0 Å². The van der Waals surface area contributed by atoms with E-state index in [4.69, 9.17) is 5.84 Å². The van der Waals surface area contributed by atoms with Crippen LogP contribution in [0, 0.1) is 6.92 Å². The second kappa shape index (κ2) is 3.16. The van der Waals surface area contributed by atoms with E-state index in [1.807, 2.05) is 13.0 Å². The Hall–Kier alpha value is -1.36. The highest BCUT2D eigenvalue weighted by Crippen LogP contribution is 2.06. The number of hydrazine groups is 1. The van der Waals surface area contributed by atoms with Gasteiger partial charge in [-0.1, -0.05) is 0 Å². The summed E-state index contributed by atoms with van der Waals surface area (Å²) in [6.07, 6.45) is 0. The fourth-order valence-electron chi connectivity index (χ4n) is 0.761. The smallest absolute Gasteiger partial charge is 0.239 e. The molecule has 5 heteroatoms. The van der Waals surface area contributed by atoms with Crippen LogP contribution in [-0.2, 0) is 0 Å². The van der Waals surface area contributed by atoms with E-state index in [-0.39, 0.29) is 0 Å². The van der Waals surface area contributed by atoms with Crippen LogP contribution < -0.4 is 16.6 Å². The molecular weight excluding hydrogens is 142 g/mol. The van der Waals surface area contributed by atoms with Gasteiger partial charge in [0.25, 0.3) is 0 Å². The molecule has 11 heavy (non-hydrogen) atoms. The predicted molar refractivity (Wildman–Crippen MR) is 44.1 cm³/mol. The maximum atomic E-state index is 5.14. The van der Waals surface area contributed by atoms with Crippen LogP contribution in [0.15, 0.2) is 6.07 Å². The molecule has 0 bridgehead atoms. The number of anilines is 2. The predicted octanol–water partition coefficient (Wildman–Crippen LogP) is 0.112. The molecule has 0 amide bonds. The summed E-state index contributed by atoms with van der Waals surface area (Å²) in [7, 11) is 1.79. The van der Waals surface area contributed by atoms with E-state index in [9.17, 15) is 0 Å². The largest absolute Gasteiger partial charge is 0.373 e. The Morgan fingerprint density at radius 2 is 2.18 bits per heavy atom. The molecule has 1 rings (SSSR count). The first-order chi connectivity index (χ1) is 5.26. The number of rotatable bonds is 2. The molecule has 0 unspecified atom stereocenters. The summed E-state index contributed by atoms with van der Waals surface area (Å²) in [5.41, 5.74) is 3.25. The van der Waals surface area contributed by atoms with E-state index < -0.39 is 0 Å². The Kier molecular flexibility index (Phi) is 2.22. The molecule has 1 aromatic heterocycles. The first-order valence-corrected chi connectivity index (χ1v) is 3.26. The number of hydrogen-bond donors (Lipinski definition) is 3. The van der Waals surface area contributed by atoms with Gasteiger partial charge in [-0.15, -0.1) is 0 Å². The molecule has 1 aromatic rings. The Balaban J connectivity index is 3.02. The monoisotopic (exact) mass is 153 g/mol. The highest BCUT2D eigenvalue weighted by atomic mass is 15.3. The number of aryl methyl sites for hydroxylation is 1. The SMILES string of the molecule is CNc1cc(C)nc(NN)n1. The van der Waals surface area contributed by atoms with Crippen LogP contribution in [-0.4, -0.2) is 17.0 Å². The van der Waals surface area contributed by atoms with E-state index in [0.29, 0.717) is 5.95 Å². The maximum Gasteiger partial charge on any atom is 0.239 e. The maximum absolute atomic E-state index is 5.14. The van der Waals surface area contributed by atoms with Gasteiger partial charge in [0.2, 0.25) is 5.95 Å². The molecular formula is C6H11N5. The Morgan fingerprint density at radius 1 is 1.45 bits per heavy atom. The number of nitrogens with zero attached hydrogens (tertiary/aromatic N) is 2. The fourth-order valence-corrected chi connectivity index (χ4v) is 0.761. The lowest BCUT2D eigenvalue weighted by molar-refractivity contribution is 1.07. The third-order valence-electron chi connectivity index (χ3n) is 1.24. The number of nitrogens with one attached hydrogen (secondary N) is 2. The second-order valence-corrected chi connectivity index (χ2v) is 2.11. The lowest BCUT2D eigenvalue weighted by Crippen LogP contribution is -2.11. The molecule has 5 nitrogen and oxygen atoms in total. The molecule has 0 aromatic carbocycles. The minimum Gasteiger partial charge on any atom is -0.373 e. The third kappa shape index (κ3) is 1.78. The van der Waals surface area contributed by atoms with Crippen LogP contribution in [0.5, 0.6) is 0 Å². The van der Waals surface area contributed by atoms with Crippen molar-refractivity contribution in [3.8, 4) is 0 Å². The number of nitrogens with two attached hydrogens (primary N) is 1. The van der Waals surface area contributed by atoms with Crippen molar-refractivity contribution in [2.45, 2.75) is 6.92 Å². The zero-order chi connectivity index (χ0) is 8.27. The molecule has 0 aliphatic carbocycles. The lowest BCUT2D eigenvalue weighted by atomic mass is 10.4. The van der Waals surface area contributed by atoms with Crippen LogP contribution in [0.4, 0.5) is 11.8 Å². The van der Waals surface area contributed by atoms with E-state index in [1.54, 1.807) is 7.05 Å². The molecule has 0 aliphatic rings. The average molecular weight is 153 g/mol. The summed E-state index contributed by atoms with van der Waals surface area (Å²) in [6.45, 7) is 1.88. The van der Waals surface area contributed by atoms with Crippen molar-refractivity contribution < 1.29 is 0 Å². The second-order valence-electron chi connectivity index (χ2n) is 2.11. The van der Waals surface area contributed by atoms with Gasteiger partial charge in [0, 0.05) is 18.8 Å². The van der Waals surface area contributed by atoms with Gasteiger partial charge in [0.15, 0.2) is 0 Å². The first-order valence-electron chi connectivity index (χ1n) is 3.26. The molecule has 1 heterocycles. The van der Waals surface area contributed by atoms with Crippen LogP contribution in [0.1, 0.15) is 5.69 Å². The molecule has 0 aliphatic heterocycles. The average Bonchev–Trinajstić information content (AvgIpc) is 2.03. The number of hydrogen-bond acceptors (Lipinski definition) is 5. The minimum absolute atomic E-state index is 0.425. The minimum atomic E-state index is 0.425. The van der Waals surface area contributed by atoms with E-state index in [0.717, 1.165) is 11.5 Å². The van der Waals surface area contributed by atoms with Crippen molar-refractivity contribution in [1.29, 1.82) is 0 Å². The Morgan fingerprint density at radius 3 is 2.73 bits per heavy atom. The van der Waals surface area contributed by atoms with Gasteiger partial charge in [-0.3, -0.25) is 5.43 Å². The van der Waals surface area contributed by atoms with Gasteiger partial charge >= 0.3 is 0 Å². The normalized spacial score (nSPS) is 9.36. The van der Waals surface area contributed by atoms with Gasteiger partial charge in [0.1, 0.15) is 5.82 Å². The van der Waals surface area contributed by atoms with Gasteiger partial charge in [-0.25, -0.2) is 10.8 Å². The molecule has 0 fully saturated rings. The summed E-state index contributed by atoms with van der Waals surface area (Å²) in [4.78, 5) is 8.03. The fraction of sp³-hybridized carbons (Fsp3) is 0.333. The highest BCUT2D eigenvalue weighted by molar-refractivity contribution is 5.40. The highest BCUT2D eigenvalue weighted by Gasteiger charge is 1.96. The van der Waals surface area contributed by atoms with Crippen LogP contribution in [0.25, 0.3) is 0 Å². The molecule has 60 valence electrons. The molecule has 0 atom stereocenters. The topological polar surface area (TPSA) is 75.9 Å². The van der Waals surface area contributed by atoms with Crippen molar-refractivity contribution in [2.24, 2.45) is 5.84 Å². The van der Waals surface area contributed by atoms with Crippen molar-refractivity contribution in [1.82, 2.24) is 9.97 Å². The number of aromatic nitrogens is 2. The molecule has 4 N–H and O–H groups in total. The quantitative estimate of drug-likeness (QED) is 0.415. The van der Waals surface area contributed by atoms with Gasteiger partial charge in [-0.2, -0.15) is 4.98 Å². The summed E-state index contributed by atoms with van der Waals surface area (Å²) in [5, 5.41) is 2.90. The summed E-state index contributed by atoms with van der Waals surface area (Å²) in [5.74, 6) is 6.32.